The van der Waals surface area contributed by atoms with E-state index in [0.717, 1.165) is 18.4 Å². The highest BCUT2D eigenvalue weighted by molar-refractivity contribution is 8.26. The Morgan fingerprint density at radius 2 is 1.88 bits per heavy atom. The lowest BCUT2D eigenvalue weighted by Gasteiger charge is -2.31. The number of hydrogen-bond acceptors (Lipinski definition) is 4. The van der Waals surface area contributed by atoms with Crippen molar-refractivity contribution in [2.75, 3.05) is 14.1 Å². The average molecular weight is 375 g/mol. The normalized spacial score (nSPS) is 20.4. The van der Waals surface area contributed by atoms with Crippen molar-refractivity contribution in [3.8, 4) is 0 Å². The predicted molar refractivity (Wildman–Crippen MR) is 106 cm³/mol. The second-order valence-corrected chi connectivity index (χ2v) is 8.25. The van der Waals surface area contributed by atoms with Gasteiger partial charge in [-0.2, -0.15) is 0 Å². The molecule has 0 unspecified atom stereocenters. The van der Waals surface area contributed by atoms with Crippen LogP contribution in [0, 0.1) is 0 Å². The van der Waals surface area contributed by atoms with Crippen molar-refractivity contribution in [2.24, 2.45) is 0 Å². The molecule has 2 fully saturated rings. The molecule has 0 radical (unpaired) electrons. The molecule has 25 heavy (non-hydrogen) atoms. The van der Waals surface area contributed by atoms with Crippen LogP contribution in [0.15, 0.2) is 29.2 Å². The minimum atomic E-state index is -0.0767. The molecule has 3 rings (SSSR count). The molecule has 1 aromatic carbocycles. The van der Waals surface area contributed by atoms with Gasteiger partial charge in [-0.15, -0.1) is 0 Å². The lowest BCUT2D eigenvalue weighted by molar-refractivity contribution is -0.121. The Labute approximate surface area is 158 Å². The van der Waals surface area contributed by atoms with Crippen LogP contribution in [-0.2, 0) is 4.79 Å². The number of nitrogens with zero attached hydrogens (tertiary/aromatic N) is 2. The maximum atomic E-state index is 12.7. The summed E-state index contributed by atoms with van der Waals surface area (Å²) >= 11 is 6.44. The number of thioether (sulfide) groups is 1. The van der Waals surface area contributed by atoms with Crippen LogP contribution in [0.3, 0.4) is 0 Å². The van der Waals surface area contributed by atoms with Gasteiger partial charge in [-0.3, -0.25) is 14.5 Å². The highest BCUT2D eigenvalue weighted by Crippen LogP contribution is 2.31. The van der Waals surface area contributed by atoms with Crippen LogP contribution in [-0.4, -0.2) is 46.1 Å². The molecule has 1 aliphatic heterocycles. The maximum Gasteiger partial charge on any atom is 0.265 e. The minimum absolute atomic E-state index is 0.0679. The van der Waals surface area contributed by atoms with E-state index in [0.29, 0.717) is 20.8 Å². The molecule has 6 heteroatoms. The van der Waals surface area contributed by atoms with Crippen LogP contribution in [0.25, 0.3) is 6.08 Å². The molecule has 1 heterocycles. The summed E-state index contributed by atoms with van der Waals surface area (Å²) in [5, 5.41) is 0. The third-order valence-electron chi connectivity index (χ3n) is 4.88. The molecule has 2 amide bonds. The molecule has 0 atom stereocenters. The Morgan fingerprint density at radius 3 is 2.44 bits per heavy atom. The van der Waals surface area contributed by atoms with E-state index in [9.17, 15) is 9.59 Å². The summed E-state index contributed by atoms with van der Waals surface area (Å²) in [4.78, 5) is 28.7. The number of thiocarbonyl (C=S) groups is 1. The number of hydrogen-bond donors (Lipinski definition) is 0. The molecule has 1 aliphatic carbocycles. The Kier molecular flexibility index (Phi) is 5.59. The average Bonchev–Trinajstić information content (AvgIpc) is 2.88. The molecule has 0 aromatic heterocycles. The highest BCUT2D eigenvalue weighted by Gasteiger charge is 2.28. The lowest BCUT2D eigenvalue weighted by atomic mass is 9.94. The molecule has 2 aliphatic rings. The number of benzene rings is 1. The van der Waals surface area contributed by atoms with Gasteiger partial charge in [0.1, 0.15) is 4.32 Å². The van der Waals surface area contributed by atoms with Gasteiger partial charge in [-0.05, 0) is 36.6 Å². The fourth-order valence-electron chi connectivity index (χ4n) is 3.26. The van der Waals surface area contributed by atoms with E-state index in [1.165, 1.54) is 35.9 Å². The predicted octanol–water partition coefficient (Wildman–Crippen LogP) is 3.92. The van der Waals surface area contributed by atoms with E-state index in [4.69, 9.17) is 12.2 Å². The summed E-state index contributed by atoms with van der Waals surface area (Å²) in [6, 6.07) is 7.78. The quantitative estimate of drug-likeness (QED) is 0.594. The number of rotatable bonds is 3. The summed E-state index contributed by atoms with van der Waals surface area (Å²) in [7, 11) is 3.58. The molecular weight excluding hydrogens is 352 g/mol. The lowest BCUT2D eigenvalue weighted by Crippen LogP contribution is -2.38. The molecule has 1 saturated heterocycles. The monoisotopic (exact) mass is 374 g/mol. The number of carbonyl (C=O) groups is 2. The van der Waals surface area contributed by atoms with Crippen LogP contribution in [0.1, 0.15) is 48.0 Å². The summed E-state index contributed by atoms with van der Waals surface area (Å²) in [5.41, 5.74) is 1.58. The van der Waals surface area contributed by atoms with Crippen molar-refractivity contribution in [1.29, 1.82) is 0 Å². The van der Waals surface area contributed by atoms with Gasteiger partial charge in [0.25, 0.3) is 11.8 Å². The van der Waals surface area contributed by atoms with Crippen LogP contribution >= 0.6 is 24.0 Å². The van der Waals surface area contributed by atoms with Crippen LogP contribution in [0.4, 0.5) is 0 Å². The van der Waals surface area contributed by atoms with Gasteiger partial charge in [0.2, 0.25) is 0 Å². The first-order valence-corrected chi connectivity index (χ1v) is 9.78. The Morgan fingerprint density at radius 1 is 1.24 bits per heavy atom. The van der Waals surface area contributed by atoms with Gasteiger partial charge < -0.3 is 4.90 Å². The van der Waals surface area contributed by atoms with E-state index in [2.05, 4.69) is 0 Å². The van der Waals surface area contributed by atoms with E-state index in [1.807, 2.05) is 42.3 Å². The van der Waals surface area contributed by atoms with Gasteiger partial charge in [0.15, 0.2) is 0 Å². The molecule has 132 valence electrons. The molecule has 0 N–H and O–H groups in total. The third-order valence-corrected chi connectivity index (χ3v) is 6.37. The van der Waals surface area contributed by atoms with Crippen molar-refractivity contribution in [2.45, 2.75) is 38.1 Å². The van der Waals surface area contributed by atoms with Gasteiger partial charge in [-0.1, -0.05) is 55.4 Å². The number of carbonyl (C=O) groups excluding carboxylic acids is 2. The van der Waals surface area contributed by atoms with Crippen molar-refractivity contribution >= 4 is 46.2 Å². The first-order valence-electron chi connectivity index (χ1n) is 8.56. The molecule has 0 bridgehead atoms. The summed E-state index contributed by atoms with van der Waals surface area (Å²) in [6.07, 6.45) is 7.70. The van der Waals surface area contributed by atoms with Crippen LogP contribution in [0.5, 0.6) is 0 Å². The smallest absolute Gasteiger partial charge is 0.265 e. The van der Waals surface area contributed by atoms with E-state index in [-0.39, 0.29) is 11.8 Å². The fraction of sp³-hybridized carbons (Fsp3) is 0.421. The third kappa shape index (κ3) is 3.96. The summed E-state index contributed by atoms with van der Waals surface area (Å²) in [6.45, 7) is 0. The SMILES string of the molecule is CN1C(=O)C(=Cc2ccc(C(=O)N(C)C3CCCCC3)cc2)SC1=S. The Hall–Kier alpha value is -1.66. The largest absolute Gasteiger partial charge is 0.339 e. The first-order chi connectivity index (χ1) is 12.0. The minimum Gasteiger partial charge on any atom is -0.339 e. The maximum absolute atomic E-state index is 12.7. The zero-order valence-corrected chi connectivity index (χ0v) is 16.2. The van der Waals surface area contributed by atoms with Crippen LogP contribution in [0.2, 0.25) is 0 Å². The number of amides is 2. The fourth-order valence-corrected chi connectivity index (χ4v) is 4.44. The van der Waals surface area contributed by atoms with E-state index < -0.39 is 0 Å². The molecule has 4 nitrogen and oxygen atoms in total. The van der Waals surface area contributed by atoms with Crippen molar-refractivity contribution in [3.63, 3.8) is 0 Å². The summed E-state index contributed by atoms with van der Waals surface area (Å²) in [5.74, 6) is -0.00878. The standard InChI is InChI=1S/C19H22N2O2S2/c1-20(15-6-4-3-5-7-15)17(22)14-10-8-13(9-11-14)12-16-18(23)21(2)19(24)25-16/h8-12,15H,3-7H2,1-2H3. The van der Waals surface area contributed by atoms with E-state index in [1.54, 1.807) is 7.05 Å². The Balaban J connectivity index is 1.71. The van der Waals surface area contributed by atoms with Gasteiger partial charge in [0.05, 0.1) is 4.91 Å². The molecular formula is C19H22N2O2S2. The summed E-state index contributed by atoms with van der Waals surface area (Å²) < 4.78 is 0.567. The number of likely N-dealkylation sites (N-methyl/N-ethyl adjacent to an activating group) is 1. The second kappa shape index (κ2) is 7.70. The zero-order valence-electron chi connectivity index (χ0n) is 14.5. The molecule has 1 aromatic rings. The van der Waals surface area contributed by atoms with Crippen molar-refractivity contribution in [1.82, 2.24) is 9.80 Å². The molecule has 0 spiro atoms. The topological polar surface area (TPSA) is 40.6 Å². The van der Waals surface area contributed by atoms with Crippen LogP contribution < -0.4 is 0 Å². The zero-order chi connectivity index (χ0) is 18.0. The second-order valence-electron chi connectivity index (χ2n) is 6.57. The highest BCUT2D eigenvalue weighted by atomic mass is 32.2. The van der Waals surface area contributed by atoms with Gasteiger partial charge in [0, 0.05) is 25.7 Å². The van der Waals surface area contributed by atoms with Gasteiger partial charge in [-0.25, -0.2) is 0 Å². The first kappa shape index (κ1) is 18.1. The van der Waals surface area contributed by atoms with E-state index >= 15 is 0 Å². The van der Waals surface area contributed by atoms with Gasteiger partial charge >= 0.3 is 0 Å². The molecule has 1 saturated carbocycles. The Bertz CT molecular complexity index is 721. The van der Waals surface area contributed by atoms with Crippen molar-refractivity contribution < 1.29 is 9.59 Å². The van der Waals surface area contributed by atoms with Crippen molar-refractivity contribution in [3.05, 3.63) is 40.3 Å².